The maximum atomic E-state index is 13.3. The summed E-state index contributed by atoms with van der Waals surface area (Å²) in [5.41, 5.74) is 14.3. The van der Waals surface area contributed by atoms with E-state index >= 15 is 0 Å². The second-order valence-electron chi connectivity index (χ2n) is 8.00. The number of amides is 2. The van der Waals surface area contributed by atoms with Crippen LogP contribution in [0.1, 0.15) is 28.2 Å². The molecule has 2 heterocycles. The highest BCUT2D eigenvalue weighted by Gasteiger charge is 2.20. The Bertz CT molecular complexity index is 1380. The summed E-state index contributed by atoms with van der Waals surface area (Å²) >= 11 is 0. The van der Waals surface area contributed by atoms with Crippen LogP contribution in [-0.2, 0) is 18.4 Å². The van der Waals surface area contributed by atoms with Crippen molar-refractivity contribution in [3.63, 3.8) is 0 Å². The van der Waals surface area contributed by atoms with Gasteiger partial charge in [0.05, 0.1) is 17.6 Å². The van der Waals surface area contributed by atoms with Crippen LogP contribution in [0.4, 0.5) is 11.5 Å². The third kappa shape index (κ3) is 5.27. The second-order valence-corrected chi connectivity index (χ2v) is 8.00. The number of imidazole rings is 1. The molecule has 0 saturated carbocycles. The van der Waals surface area contributed by atoms with Crippen LogP contribution in [0.5, 0.6) is 0 Å². The summed E-state index contributed by atoms with van der Waals surface area (Å²) in [6, 6.07) is 17.9. The van der Waals surface area contributed by atoms with E-state index in [1.54, 1.807) is 48.7 Å². The summed E-state index contributed by atoms with van der Waals surface area (Å²) in [6.45, 7) is 0.593. The molecule has 0 aliphatic rings. The first-order valence-electron chi connectivity index (χ1n) is 11.0. The third-order valence-electron chi connectivity index (χ3n) is 5.62. The molecule has 0 atom stereocenters. The molecule has 178 valence electrons. The molecule has 10 heteroatoms. The number of fused-ring (bicyclic) bond motifs is 1. The number of anilines is 2. The Labute approximate surface area is 202 Å². The summed E-state index contributed by atoms with van der Waals surface area (Å²) in [5.74, 6) is 0.472. The predicted molar refractivity (Wildman–Crippen MR) is 135 cm³/mol. The van der Waals surface area contributed by atoms with Gasteiger partial charge in [0.15, 0.2) is 0 Å². The minimum Gasteiger partial charge on any atom is -0.384 e. The number of benzene rings is 2. The Kier molecular flexibility index (Phi) is 6.72. The van der Waals surface area contributed by atoms with Crippen molar-refractivity contribution in [2.24, 2.45) is 18.5 Å². The average Bonchev–Trinajstić information content (AvgIpc) is 3.18. The third-order valence-corrected chi connectivity index (χ3v) is 5.62. The van der Waals surface area contributed by atoms with Crippen molar-refractivity contribution in [3.8, 4) is 0 Å². The van der Waals surface area contributed by atoms with Gasteiger partial charge in [-0.2, -0.15) is 0 Å². The molecule has 0 fully saturated rings. The average molecular weight is 471 g/mol. The van der Waals surface area contributed by atoms with E-state index in [4.69, 9.17) is 21.9 Å². The van der Waals surface area contributed by atoms with Gasteiger partial charge in [-0.05, 0) is 54.6 Å². The minimum absolute atomic E-state index is 0.0218. The number of amidine groups is 1. The first-order valence-corrected chi connectivity index (χ1v) is 11.0. The fourth-order valence-corrected chi connectivity index (χ4v) is 3.70. The number of carbonyl (C=O) groups excluding carboxylic acids is 2. The molecule has 4 rings (SSSR count). The number of nitrogen functional groups attached to an aromatic ring is 1. The van der Waals surface area contributed by atoms with E-state index in [9.17, 15) is 9.59 Å². The van der Waals surface area contributed by atoms with E-state index < -0.39 is 5.91 Å². The molecule has 0 bridgehead atoms. The lowest BCUT2D eigenvalue weighted by Gasteiger charge is -2.21. The zero-order valence-corrected chi connectivity index (χ0v) is 19.2. The SMILES string of the molecule is Cn1c(CNc2ccc(C(=N)N)cc2)nc2cc(C(=O)N(CCC(N)=O)c3ccccn3)ccc21. The number of nitrogens with two attached hydrogens (primary N) is 2. The number of rotatable bonds is 9. The van der Waals surface area contributed by atoms with Crippen LogP contribution in [0.2, 0.25) is 0 Å². The van der Waals surface area contributed by atoms with Gasteiger partial charge >= 0.3 is 0 Å². The van der Waals surface area contributed by atoms with Gasteiger partial charge in [0, 0.05) is 43.0 Å². The normalized spacial score (nSPS) is 10.8. The Morgan fingerprint density at radius 3 is 2.46 bits per heavy atom. The van der Waals surface area contributed by atoms with E-state index in [-0.39, 0.29) is 24.7 Å². The molecular weight excluding hydrogens is 444 g/mol. The number of pyridine rings is 1. The molecule has 0 spiro atoms. The van der Waals surface area contributed by atoms with Crippen LogP contribution in [-0.4, -0.2) is 38.7 Å². The molecule has 0 unspecified atom stereocenters. The van der Waals surface area contributed by atoms with Crippen molar-refractivity contribution >= 4 is 40.2 Å². The minimum atomic E-state index is -0.494. The van der Waals surface area contributed by atoms with Crippen molar-refractivity contribution in [2.45, 2.75) is 13.0 Å². The van der Waals surface area contributed by atoms with Gasteiger partial charge in [-0.15, -0.1) is 0 Å². The van der Waals surface area contributed by atoms with E-state index in [1.807, 2.05) is 29.8 Å². The number of primary amides is 1. The molecule has 0 aliphatic carbocycles. The Balaban J connectivity index is 1.56. The van der Waals surface area contributed by atoms with E-state index in [0.29, 0.717) is 29.0 Å². The number of nitrogens with one attached hydrogen (secondary N) is 2. The summed E-state index contributed by atoms with van der Waals surface area (Å²) in [7, 11) is 1.92. The summed E-state index contributed by atoms with van der Waals surface area (Å²) in [4.78, 5) is 35.1. The van der Waals surface area contributed by atoms with Crippen molar-refractivity contribution in [2.75, 3.05) is 16.8 Å². The lowest BCUT2D eigenvalue weighted by molar-refractivity contribution is -0.117. The molecule has 35 heavy (non-hydrogen) atoms. The quantitative estimate of drug-likeness (QED) is 0.217. The van der Waals surface area contributed by atoms with Gasteiger partial charge in [-0.3, -0.25) is 19.9 Å². The van der Waals surface area contributed by atoms with E-state index in [0.717, 1.165) is 17.0 Å². The lowest BCUT2D eigenvalue weighted by Crippen LogP contribution is -2.34. The molecule has 0 saturated heterocycles. The molecule has 10 nitrogen and oxygen atoms in total. The lowest BCUT2D eigenvalue weighted by atomic mass is 10.1. The molecule has 0 radical (unpaired) electrons. The van der Waals surface area contributed by atoms with E-state index in [2.05, 4.69) is 10.3 Å². The van der Waals surface area contributed by atoms with Crippen LogP contribution >= 0.6 is 0 Å². The molecule has 2 aromatic heterocycles. The topological polar surface area (TPSA) is 156 Å². The zero-order valence-electron chi connectivity index (χ0n) is 19.2. The van der Waals surface area contributed by atoms with Crippen LogP contribution in [0.25, 0.3) is 11.0 Å². The predicted octanol–water partition coefficient (Wildman–Crippen LogP) is 2.39. The van der Waals surface area contributed by atoms with Crippen LogP contribution in [0.15, 0.2) is 66.9 Å². The highest BCUT2D eigenvalue weighted by atomic mass is 16.2. The Morgan fingerprint density at radius 2 is 1.80 bits per heavy atom. The number of aryl methyl sites for hydroxylation is 1. The molecular formula is C25H26N8O2. The second kappa shape index (κ2) is 10.0. The maximum Gasteiger partial charge on any atom is 0.259 e. The van der Waals surface area contributed by atoms with Crippen LogP contribution in [0, 0.1) is 5.41 Å². The fraction of sp³-hybridized carbons (Fsp3) is 0.160. The van der Waals surface area contributed by atoms with Crippen LogP contribution < -0.4 is 21.7 Å². The fourth-order valence-electron chi connectivity index (χ4n) is 3.70. The van der Waals surface area contributed by atoms with Gasteiger partial charge in [0.1, 0.15) is 17.5 Å². The number of hydrogen-bond acceptors (Lipinski definition) is 6. The van der Waals surface area contributed by atoms with Crippen molar-refractivity contribution in [1.29, 1.82) is 5.41 Å². The van der Waals surface area contributed by atoms with Gasteiger partial charge < -0.3 is 21.4 Å². The number of nitrogens with zero attached hydrogens (tertiary/aromatic N) is 4. The number of carbonyl (C=O) groups is 2. The van der Waals surface area contributed by atoms with E-state index in [1.165, 1.54) is 4.90 Å². The monoisotopic (exact) mass is 470 g/mol. The standard InChI is InChI=1S/C25H26N8O2/c1-32-20-10-7-17(25(35)33(13-11-21(26)34)22-4-2-3-12-29-22)14-19(20)31-23(32)15-30-18-8-5-16(6-9-18)24(27)28/h2-10,12,14,30H,11,13,15H2,1H3,(H2,26,34)(H3,27,28). The summed E-state index contributed by atoms with van der Waals surface area (Å²) in [5, 5.41) is 10.8. The van der Waals surface area contributed by atoms with Gasteiger partial charge in [0.2, 0.25) is 5.91 Å². The smallest absolute Gasteiger partial charge is 0.259 e. The van der Waals surface area contributed by atoms with Crippen molar-refractivity contribution in [3.05, 3.63) is 83.8 Å². The largest absolute Gasteiger partial charge is 0.384 e. The van der Waals surface area contributed by atoms with Crippen molar-refractivity contribution < 1.29 is 9.59 Å². The first kappa shape index (κ1) is 23.4. The molecule has 6 N–H and O–H groups in total. The number of aromatic nitrogens is 3. The summed E-state index contributed by atoms with van der Waals surface area (Å²) in [6.07, 6.45) is 1.62. The zero-order chi connectivity index (χ0) is 24.9. The van der Waals surface area contributed by atoms with Crippen molar-refractivity contribution in [1.82, 2.24) is 14.5 Å². The van der Waals surface area contributed by atoms with Gasteiger partial charge in [0.25, 0.3) is 5.91 Å². The molecule has 2 aromatic carbocycles. The molecule has 2 amide bonds. The molecule has 4 aromatic rings. The maximum absolute atomic E-state index is 13.3. The highest BCUT2D eigenvalue weighted by molar-refractivity contribution is 6.07. The van der Waals surface area contributed by atoms with Gasteiger partial charge in [-0.1, -0.05) is 6.07 Å². The Hall–Kier alpha value is -4.73. The summed E-state index contributed by atoms with van der Waals surface area (Å²) < 4.78 is 1.96. The van der Waals surface area contributed by atoms with Gasteiger partial charge in [-0.25, -0.2) is 9.97 Å². The van der Waals surface area contributed by atoms with Crippen LogP contribution in [0.3, 0.4) is 0 Å². The number of hydrogen-bond donors (Lipinski definition) is 4. The molecule has 0 aliphatic heterocycles. The first-order chi connectivity index (χ1) is 16.8. The highest BCUT2D eigenvalue weighted by Crippen LogP contribution is 2.21. The Morgan fingerprint density at radius 1 is 1.06 bits per heavy atom.